The van der Waals surface area contributed by atoms with Gasteiger partial charge in [0.1, 0.15) is 6.54 Å². The number of carbonyl (C=O) groups is 1. The number of para-hydroxylation sites is 1. The average Bonchev–Trinajstić information content (AvgIpc) is 3.48. The maximum atomic E-state index is 13.1. The van der Waals surface area contributed by atoms with Crippen LogP contribution in [-0.2, 0) is 11.3 Å². The van der Waals surface area contributed by atoms with E-state index in [1.54, 1.807) is 4.57 Å². The molecule has 1 amide bonds. The molecular weight excluding hydrogens is 460 g/mol. The van der Waals surface area contributed by atoms with Gasteiger partial charge in [0.25, 0.3) is 0 Å². The van der Waals surface area contributed by atoms with E-state index in [-0.39, 0.29) is 23.2 Å². The molecule has 1 aromatic heterocycles. The number of nitrogens with zero attached hydrogens (tertiary/aromatic N) is 1. The van der Waals surface area contributed by atoms with Crippen molar-refractivity contribution < 1.29 is 4.79 Å². The molecule has 164 valence electrons. The molecule has 0 radical (unpaired) electrons. The van der Waals surface area contributed by atoms with Gasteiger partial charge in [-0.2, -0.15) is 0 Å². The largest absolute Gasteiger partial charge is 0.325 e. The lowest BCUT2D eigenvalue weighted by Gasteiger charge is -2.40. The molecule has 2 saturated carbocycles. The molecule has 2 aromatic carbocycles. The van der Waals surface area contributed by atoms with Gasteiger partial charge in [0.05, 0.1) is 5.03 Å². The van der Waals surface area contributed by atoms with E-state index < -0.39 is 0 Å². The average molecular weight is 483 g/mol. The molecule has 2 heterocycles. The van der Waals surface area contributed by atoms with Crippen molar-refractivity contribution >= 4 is 46.3 Å². The van der Waals surface area contributed by atoms with Gasteiger partial charge in [0, 0.05) is 26.8 Å². The molecular formula is C25H23ClN2O2S2. The van der Waals surface area contributed by atoms with E-state index in [4.69, 9.17) is 11.6 Å². The van der Waals surface area contributed by atoms with E-state index in [1.165, 1.54) is 36.2 Å². The van der Waals surface area contributed by atoms with Crippen LogP contribution in [0.2, 0.25) is 5.02 Å². The van der Waals surface area contributed by atoms with Gasteiger partial charge in [-0.15, -0.1) is 11.8 Å². The lowest BCUT2D eigenvalue weighted by atomic mass is 9.75. The maximum Gasteiger partial charge on any atom is 0.308 e. The Labute approximate surface area is 200 Å². The number of hydrogen-bond acceptors (Lipinski definition) is 4. The second kappa shape index (κ2) is 8.08. The first-order valence-electron chi connectivity index (χ1n) is 11.1. The molecule has 2 bridgehead atoms. The monoisotopic (exact) mass is 482 g/mol. The zero-order valence-electron chi connectivity index (χ0n) is 17.4. The summed E-state index contributed by atoms with van der Waals surface area (Å²) in [6.07, 6.45) is 3.87. The molecule has 4 unspecified atom stereocenters. The highest BCUT2D eigenvalue weighted by molar-refractivity contribution is 8.00. The van der Waals surface area contributed by atoms with Crippen LogP contribution in [0.4, 0.5) is 5.69 Å². The fourth-order valence-electron chi connectivity index (χ4n) is 6.00. The molecule has 0 spiro atoms. The molecule has 0 saturated heterocycles. The lowest BCUT2D eigenvalue weighted by molar-refractivity contribution is -0.116. The van der Waals surface area contributed by atoms with Crippen molar-refractivity contribution in [2.24, 2.45) is 17.8 Å². The summed E-state index contributed by atoms with van der Waals surface area (Å²) in [6.45, 7) is 0.0470. The van der Waals surface area contributed by atoms with Crippen molar-refractivity contribution in [3.63, 3.8) is 0 Å². The number of hydrogen-bond donors (Lipinski definition) is 1. The van der Waals surface area contributed by atoms with Crippen molar-refractivity contribution in [2.75, 3.05) is 5.32 Å². The molecule has 1 N–H and O–H groups in total. The van der Waals surface area contributed by atoms with Crippen molar-refractivity contribution in [3.05, 3.63) is 79.7 Å². The van der Waals surface area contributed by atoms with Gasteiger partial charge in [0.15, 0.2) is 0 Å². The standard InChI is InChI=1S/C25H23ClN2O2S2/c26-17-10-8-14(9-11-17)20-21-15-6-7-16(12-15)22(21)31-24-23(20)32-25(30)28(24)13-19(29)27-18-4-2-1-3-5-18/h1-5,8-11,15-16,20-22H,6-7,12-13H2,(H,27,29)/t15?,16?,20-,21?,22?/m0/s1. The number of thiazole rings is 1. The third-order valence-electron chi connectivity index (χ3n) is 7.28. The van der Waals surface area contributed by atoms with E-state index in [0.717, 1.165) is 26.5 Å². The number of thioether (sulfide) groups is 1. The smallest absolute Gasteiger partial charge is 0.308 e. The van der Waals surface area contributed by atoms with Crippen LogP contribution in [0, 0.1) is 17.8 Å². The van der Waals surface area contributed by atoms with Crippen molar-refractivity contribution in [1.82, 2.24) is 4.57 Å². The molecule has 5 atom stereocenters. The number of amides is 1. The van der Waals surface area contributed by atoms with Crippen LogP contribution >= 0.6 is 34.7 Å². The summed E-state index contributed by atoms with van der Waals surface area (Å²) in [5, 5.41) is 5.16. The molecule has 2 fully saturated rings. The highest BCUT2D eigenvalue weighted by Gasteiger charge is 2.55. The van der Waals surface area contributed by atoms with Crippen LogP contribution in [0.25, 0.3) is 0 Å². The molecule has 1 aliphatic heterocycles. The van der Waals surface area contributed by atoms with Crippen LogP contribution < -0.4 is 10.2 Å². The minimum atomic E-state index is -0.169. The summed E-state index contributed by atoms with van der Waals surface area (Å²) < 4.78 is 1.70. The molecule has 3 aromatic rings. The first-order valence-corrected chi connectivity index (χ1v) is 13.2. The van der Waals surface area contributed by atoms with Crippen LogP contribution in [-0.4, -0.2) is 15.7 Å². The van der Waals surface area contributed by atoms with Crippen LogP contribution in [0.3, 0.4) is 0 Å². The molecule has 32 heavy (non-hydrogen) atoms. The normalized spacial score (nSPS) is 27.7. The number of rotatable bonds is 4. The Bertz CT molecular complexity index is 1220. The summed E-state index contributed by atoms with van der Waals surface area (Å²) in [7, 11) is 0. The van der Waals surface area contributed by atoms with E-state index in [2.05, 4.69) is 17.4 Å². The zero-order valence-corrected chi connectivity index (χ0v) is 19.8. The van der Waals surface area contributed by atoms with Crippen LogP contribution in [0.1, 0.15) is 35.6 Å². The number of fused-ring (bicyclic) bond motifs is 6. The van der Waals surface area contributed by atoms with E-state index in [0.29, 0.717) is 17.1 Å². The Morgan fingerprint density at radius 1 is 1.06 bits per heavy atom. The maximum absolute atomic E-state index is 13.1. The predicted octanol–water partition coefficient (Wildman–Crippen LogP) is 5.85. The van der Waals surface area contributed by atoms with Crippen LogP contribution in [0.5, 0.6) is 0 Å². The van der Waals surface area contributed by atoms with E-state index in [9.17, 15) is 9.59 Å². The van der Waals surface area contributed by atoms with E-state index >= 15 is 0 Å². The number of anilines is 1. The number of halogens is 1. The van der Waals surface area contributed by atoms with Gasteiger partial charge in [-0.25, -0.2) is 0 Å². The highest BCUT2D eigenvalue weighted by Crippen LogP contribution is 2.64. The molecule has 4 nitrogen and oxygen atoms in total. The van der Waals surface area contributed by atoms with Crippen molar-refractivity contribution in [3.8, 4) is 0 Å². The molecule has 2 aliphatic carbocycles. The Morgan fingerprint density at radius 2 is 1.81 bits per heavy atom. The first kappa shape index (κ1) is 20.6. The van der Waals surface area contributed by atoms with Gasteiger partial charge in [-0.1, -0.05) is 53.3 Å². The summed E-state index contributed by atoms with van der Waals surface area (Å²) >= 11 is 9.36. The second-order valence-electron chi connectivity index (χ2n) is 9.06. The Kier molecular flexibility index (Phi) is 5.20. The summed E-state index contributed by atoms with van der Waals surface area (Å²) in [5.41, 5.74) is 1.98. The Balaban J connectivity index is 1.38. The molecule has 3 aliphatic rings. The van der Waals surface area contributed by atoms with Gasteiger partial charge < -0.3 is 5.32 Å². The number of aromatic nitrogens is 1. The van der Waals surface area contributed by atoms with Gasteiger partial charge in [0.2, 0.25) is 5.91 Å². The van der Waals surface area contributed by atoms with E-state index in [1.807, 2.05) is 54.2 Å². The second-order valence-corrected chi connectivity index (χ2v) is 11.7. The Hall–Kier alpha value is -2.02. The minimum Gasteiger partial charge on any atom is -0.325 e. The van der Waals surface area contributed by atoms with Crippen LogP contribution in [0.15, 0.2) is 64.4 Å². The summed E-state index contributed by atoms with van der Waals surface area (Å²) in [4.78, 5) is 26.9. The van der Waals surface area contributed by atoms with Gasteiger partial charge in [-0.3, -0.25) is 14.2 Å². The first-order chi connectivity index (χ1) is 15.6. The fourth-order valence-corrected chi connectivity index (χ4v) is 9.27. The summed E-state index contributed by atoms with van der Waals surface area (Å²) in [6, 6.07) is 17.5. The summed E-state index contributed by atoms with van der Waals surface area (Å²) in [5.74, 6) is 2.02. The zero-order chi connectivity index (χ0) is 21.8. The van der Waals surface area contributed by atoms with Crippen molar-refractivity contribution in [2.45, 2.75) is 42.0 Å². The van der Waals surface area contributed by atoms with Gasteiger partial charge >= 0.3 is 4.87 Å². The fraction of sp³-hybridized carbons (Fsp3) is 0.360. The Morgan fingerprint density at radius 3 is 2.59 bits per heavy atom. The molecule has 6 rings (SSSR count). The number of benzene rings is 2. The number of carbonyl (C=O) groups excluding carboxylic acids is 1. The topological polar surface area (TPSA) is 51.1 Å². The third kappa shape index (κ3) is 3.44. The highest BCUT2D eigenvalue weighted by atomic mass is 35.5. The van der Waals surface area contributed by atoms with Crippen molar-refractivity contribution in [1.29, 1.82) is 0 Å². The minimum absolute atomic E-state index is 0.0444. The van der Waals surface area contributed by atoms with Gasteiger partial charge in [-0.05, 0) is 66.8 Å². The third-order valence-corrected chi connectivity index (χ3v) is 10.4. The number of nitrogens with one attached hydrogen (secondary N) is 1. The quantitative estimate of drug-likeness (QED) is 0.507. The lowest BCUT2D eigenvalue weighted by Crippen LogP contribution is -2.34. The SMILES string of the molecule is O=C(Cn1c2c(sc1=O)[C@@H](c1ccc(Cl)cc1)C1C3CCC(C3)C1S2)Nc1ccccc1. The molecule has 7 heteroatoms. The predicted molar refractivity (Wildman–Crippen MR) is 131 cm³/mol.